The second kappa shape index (κ2) is 6.57. The zero-order valence-corrected chi connectivity index (χ0v) is 12.4. The van der Waals surface area contributed by atoms with E-state index in [1.807, 2.05) is 0 Å². The van der Waals surface area contributed by atoms with Gasteiger partial charge >= 0.3 is 5.97 Å². The lowest BCUT2D eigenvalue weighted by atomic mass is 10.2. The molecule has 22 heavy (non-hydrogen) atoms. The van der Waals surface area contributed by atoms with Crippen molar-refractivity contribution in [3.63, 3.8) is 0 Å². The number of rotatable bonds is 5. The van der Waals surface area contributed by atoms with Crippen LogP contribution in [-0.2, 0) is 14.3 Å². The van der Waals surface area contributed by atoms with Gasteiger partial charge in [0.2, 0.25) is 0 Å². The van der Waals surface area contributed by atoms with Crippen molar-refractivity contribution in [3.8, 4) is 0 Å². The van der Waals surface area contributed by atoms with Crippen molar-refractivity contribution in [1.29, 1.82) is 0 Å². The van der Waals surface area contributed by atoms with Gasteiger partial charge < -0.3 is 20.1 Å². The third-order valence-electron chi connectivity index (χ3n) is 3.34. The Hall–Kier alpha value is -2.41. The quantitative estimate of drug-likeness (QED) is 0.787. The van der Waals surface area contributed by atoms with Gasteiger partial charge in [0.1, 0.15) is 11.5 Å². The molecule has 1 heterocycles. The van der Waals surface area contributed by atoms with E-state index in [2.05, 4.69) is 10.1 Å². The van der Waals surface area contributed by atoms with Gasteiger partial charge in [0.25, 0.3) is 5.91 Å². The number of nitrogens with zero attached hydrogens (tertiary/aromatic N) is 1. The second-order valence-corrected chi connectivity index (χ2v) is 4.90. The van der Waals surface area contributed by atoms with Crippen molar-refractivity contribution in [3.05, 3.63) is 40.8 Å². The molecular formula is C15H17FN2O4. The van der Waals surface area contributed by atoms with Gasteiger partial charge in [-0.05, 0) is 24.6 Å². The highest BCUT2D eigenvalue weighted by molar-refractivity contribution is 6.08. The van der Waals surface area contributed by atoms with Crippen molar-refractivity contribution in [1.82, 2.24) is 4.90 Å². The molecule has 0 bridgehead atoms. The molecule has 0 fully saturated rings. The second-order valence-electron chi connectivity index (χ2n) is 4.90. The molecule has 1 aliphatic rings. The Bertz CT molecular complexity index is 642. The highest BCUT2D eigenvalue weighted by atomic mass is 19.1. The maximum atomic E-state index is 13.8. The molecule has 1 aromatic carbocycles. The van der Waals surface area contributed by atoms with E-state index in [0.29, 0.717) is 0 Å². The topological polar surface area (TPSA) is 78.9 Å². The highest BCUT2D eigenvalue weighted by Gasteiger charge is 2.34. The number of carbonyl (C=O) groups excluding carboxylic acids is 2. The number of aliphatic hydroxyl groups excluding tert-OH is 1. The largest absolute Gasteiger partial charge is 0.466 e. The van der Waals surface area contributed by atoms with Gasteiger partial charge in [-0.3, -0.25) is 4.79 Å². The predicted molar refractivity (Wildman–Crippen MR) is 77.5 cm³/mol. The summed E-state index contributed by atoms with van der Waals surface area (Å²) in [7, 11) is 1.21. The van der Waals surface area contributed by atoms with E-state index in [1.54, 1.807) is 19.1 Å². The van der Waals surface area contributed by atoms with Crippen molar-refractivity contribution < 1.29 is 23.8 Å². The van der Waals surface area contributed by atoms with Gasteiger partial charge in [-0.1, -0.05) is 6.07 Å². The monoisotopic (exact) mass is 308 g/mol. The van der Waals surface area contributed by atoms with Gasteiger partial charge in [0, 0.05) is 6.54 Å². The SMILES string of the molecule is COC(=O)C1=C(Nc2cc(C)ccc2F)C(=O)N(CCO)C1. The fraction of sp³-hybridized carbons (Fsp3) is 0.333. The minimum absolute atomic E-state index is 0.0157. The van der Waals surface area contributed by atoms with Crippen LogP contribution in [0.25, 0.3) is 0 Å². The van der Waals surface area contributed by atoms with Crippen LogP contribution in [0.5, 0.6) is 0 Å². The normalized spacial score (nSPS) is 14.5. The first-order valence-electron chi connectivity index (χ1n) is 6.72. The zero-order chi connectivity index (χ0) is 16.3. The van der Waals surface area contributed by atoms with Crippen LogP contribution in [-0.4, -0.2) is 48.7 Å². The first kappa shape index (κ1) is 16.0. The molecule has 0 saturated heterocycles. The number of anilines is 1. The Kier molecular flexibility index (Phi) is 4.77. The number of carbonyl (C=O) groups is 2. The Morgan fingerprint density at radius 2 is 2.23 bits per heavy atom. The number of β-amino-alcohol motifs (C(OH)–C–C–N with tert-alkyl or cyclic N) is 1. The number of amides is 1. The lowest BCUT2D eigenvalue weighted by Crippen LogP contribution is -2.31. The van der Waals surface area contributed by atoms with Crippen LogP contribution in [0, 0.1) is 12.7 Å². The summed E-state index contributed by atoms with van der Waals surface area (Å²) in [6, 6.07) is 4.42. The molecule has 2 rings (SSSR count). The van der Waals surface area contributed by atoms with Crippen molar-refractivity contribution in [2.24, 2.45) is 0 Å². The summed E-state index contributed by atoms with van der Waals surface area (Å²) in [6.07, 6.45) is 0. The molecule has 0 unspecified atom stereocenters. The maximum Gasteiger partial charge on any atom is 0.337 e. The Morgan fingerprint density at radius 3 is 2.86 bits per heavy atom. The van der Waals surface area contributed by atoms with E-state index in [4.69, 9.17) is 5.11 Å². The maximum absolute atomic E-state index is 13.8. The molecule has 6 nitrogen and oxygen atoms in total. The van der Waals surface area contributed by atoms with E-state index in [-0.39, 0.29) is 36.7 Å². The summed E-state index contributed by atoms with van der Waals surface area (Å²) in [6.45, 7) is 1.66. The van der Waals surface area contributed by atoms with Crippen LogP contribution >= 0.6 is 0 Å². The smallest absolute Gasteiger partial charge is 0.337 e. The summed E-state index contributed by atoms with van der Waals surface area (Å²) in [5.41, 5.74) is 1.00. The zero-order valence-electron chi connectivity index (χ0n) is 12.4. The van der Waals surface area contributed by atoms with E-state index in [1.165, 1.54) is 18.1 Å². The number of hydrogen-bond acceptors (Lipinski definition) is 5. The average Bonchev–Trinajstić information content (AvgIpc) is 2.80. The van der Waals surface area contributed by atoms with Crippen molar-refractivity contribution in [2.75, 3.05) is 32.1 Å². The van der Waals surface area contributed by atoms with Gasteiger partial charge in [0.15, 0.2) is 0 Å². The van der Waals surface area contributed by atoms with Crippen LogP contribution in [0.15, 0.2) is 29.5 Å². The molecule has 1 aromatic rings. The highest BCUT2D eigenvalue weighted by Crippen LogP contribution is 2.24. The van der Waals surface area contributed by atoms with Crippen molar-refractivity contribution >= 4 is 17.6 Å². The lowest BCUT2D eigenvalue weighted by Gasteiger charge is -2.15. The van der Waals surface area contributed by atoms with Crippen molar-refractivity contribution in [2.45, 2.75) is 6.92 Å². The molecular weight excluding hydrogens is 291 g/mol. The number of esters is 1. The van der Waals surface area contributed by atoms with Crippen LogP contribution < -0.4 is 5.32 Å². The molecule has 0 aliphatic carbocycles. The molecule has 1 amide bonds. The summed E-state index contributed by atoms with van der Waals surface area (Å²) in [5.74, 6) is -1.67. The molecule has 0 saturated carbocycles. The lowest BCUT2D eigenvalue weighted by molar-refractivity contribution is -0.136. The molecule has 1 aliphatic heterocycles. The number of ether oxygens (including phenoxy) is 1. The van der Waals surface area contributed by atoms with E-state index >= 15 is 0 Å². The standard InChI is InChI=1S/C15H17FN2O4/c1-9-3-4-11(16)12(7-9)17-13-10(15(21)22-2)8-18(5-6-19)14(13)20/h3-4,7,17,19H,5-6,8H2,1-2H3. The fourth-order valence-electron chi connectivity index (χ4n) is 2.22. The minimum atomic E-state index is -0.663. The summed E-state index contributed by atoms with van der Waals surface area (Å²) in [4.78, 5) is 25.4. The molecule has 0 aromatic heterocycles. The van der Waals surface area contributed by atoms with Gasteiger partial charge in [-0.25, -0.2) is 9.18 Å². The third-order valence-corrected chi connectivity index (χ3v) is 3.34. The number of aliphatic hydroxyl groups is 1. The van der Waals surface area contributed by atoms with Gasteiger partial charge in [-0.15, -0.1) is 0 Å². The predicted octanol–water partition coefficient (Wildman–Crippen LogP) is 0.808. The Morgan fingerprint density at radius 1 is 1.50 bits per heavy atom. The molecule has 0 atom stereocenters. The van der Waals surface area contributed by atoms with Crippen LogP contribution in [0.2, 0.25) is 0 Å². The number of methoxy groups -OCH3 is 1. The molecule has 118 valence electrons. The first-order valence-corrected chi connectivity index (χ1v) is 6.72. The fourth-order valence-corrected chi connectivity index (χ4v) is 2.22. The minimum Gasteiger partial charge on any atom is -0.466 e. The van der Waals surface area contributed by atoms with Crippen LogP contribution in [0.1, 0.15) is 5.56 Å². The number of benzene rings is 1. The molecule has 2 N–H and O–H groups in total. The van der Waals surface area contributed by atoms with E-state index in [0.717, 1.165) is 5.56 Å². The number of hydrogen-bond donors (Lipinski definition) is 2. The summed E-state index contributed by atoms with van der Waals surface area (Å²) in [5, 5.41) is 11.7. The number of nitrogens with one attached hydrogen (secondary N) is 1. The van der Waals surface area contributed by atoms with Gasteiger partial charge in [0.05, 0.1) is 31.5 Å². The Labute approximate surface area is 127 Å². The molecule has 0 spiro atoms. The van der Waals surface area contributed by atoms with E-state index in [9.17, 15) is 14.0 Å². The number of aryl methyl sites for hydroxylation is 1. The van der Waals surface area contributed by atoms with Crippen LogP contribution in [0.4, 0.5) is 10.1 Å². The first-order chi connectivity index (χ1) is 10.5. The number of halogens is 1. The molecule has 0 radical (unpaired) electrons. The van der Waals surface area contributed by atoms with Crippen LogP contribution in [0.3, 0.4) is 0 Å². The summed E-state index contributed by atoms with van der Waals surface area (Å²) < 4.78 is 18.5. The third kappa shape index (κ3) is 3.09. The Balaban J connectivity index is 2.36. The average molecular weight is 308 g/mol. The summed E-state index contributed by atoms with van der Waals surface area (Å²) >= 11 is 0. The van der Waals surface area contributed by atoms with E-state index < -0.39 is 17.7 Å². The van der Waals surface area contributed by atoms with Gasteiger partial charge in [-0.2, -0.15) is 0 Å². The molecule has 7 heteroatoms.